The van der Waals surface area contributed by atoms with Crippen LogP contribution in [0.4, 0.5) is 0 Å². The van der Waals surface area contributed by atoms with Crippen molar-refractivity contribution < 1.29 is 42.1 Å². The lowest BCUT2D eigenvalue weighted by atomic mass is 10.0. The molecule has 2 unspecified atom stereocenters. The highest BCUT2D eigenvalue weighted by atomic mass is 31.2. The van der Waals surface area contributed by atoms with E-state index in [2.05, 4.69) is 62.5 Å². The highest BCUT2D eigenvalue weighted by Crippen LogP contribution is 2.38. The zero-order valence-electron chi connectivity index (χ0n) is 43.6. The number of esters is 2. The topological polar surface area (TPSA) is 111 Å². The van der Waals surface area contributed by atoms with Crippen molar-refractivity contribution in [1.29, 1.82) is 0 Å². The van der Waals surface area contributed by atoms with Crippen LogP contribution in [-0.4, -0.2) is 70.0 Å². The summed E-state index contributed by atoms with van der Waals surface area (Å²) in [6.07, 6.45) is 58.7. The van der Waals surface area contributed by atoms with Crippen LogP contribution < -0.4 is 4.89 Å². The van der Waals surface area contributed by atoms with Crippen LogP contribution in [0.3, 0.4) is 0 Å². The highest BCUT2D eigenvalue weighted by Gasteiger charge is 2.21. The Balaban J connectivity index is 4.11. The minimum atomic E-state index is -4.63. The minimum absolute atomic E-state index is 0.0323. The normalized spacial score (nSPS) is 13.7. The fourth-order valence-corrected chi connectivity index (χ4v) is 8.27. The number of phosphoric acid groups is 1. The van der Waals surface area contributed by atoms with E-state index in [-0.39, 0.29) is 26.1 Å². The third-order valence-electron chi connectivity index (χ3n) is 11.8. The lowest BCUT2D eigenvalue weighted by molar-refractivity contribution is -0.870. The number of ether oxygens (including phenoxy) is 2. The zero-order chi connectivity index (χ0) is 48.5. The molecule has 0 rings (SSSR count). The van der Waals surface area contributed by atoms with E-state index in [1.165, 1.54) is 141 Å². The molecule has 10 heteroatoms. The van der Waals surface area contributed by atoms with Crippen LogP contribution in [0.2, 0.25) is 0 Å². The van der Waals surface area contributed by atoms with Gasteiger partial charge < -0.3 is 27.9 Å². The summed E-state index contributed by atoms with van der Waals surface area (Å²) >= 11 is 0. The highest BCUT2D eigenvalue weighted by molar-refractivity contribution is 7.45. The van der Waals surface area contributed by atoms with Crippen molar-refractivity contribution in [3.05, 3.63) is 48.6 Å². The van der Waals surface area contributed by atoms with E-state index in [0.717, 1.165) is 70.6 Å². The Morgan fingerprint density at radius 2 is 0.818 bits per heavy atom. The van der Waals surface area contributed by atoms with Crippen molar-refractivity contribution in [3.63, 3.8) is 0 Å². The maximum absolute atomic E-state index is 12.8. The summed E-state index contributed by atoms with van der Waals surface area (Å²) in [7, 11) is 1.16. The Hall–Kier alpha value is -2.03. The van der Waals surface area contributed by atoms with E-state index in [1.807, 2.05) is 21.1 Å². The number of quaternary nitrogens is 1. The second-order valence-electron chi connectivity index (χ2n) is 19.6. The van der Waals surface area contributed by atoms with Gasteiger partial charge in [0.05, 0.1) is 27.7 Å². The Labute approximate surface area is 407 Å². The molecule has 0 N–H and O–H groups in total. The molecule has 0 aromatic rings. The first-order valence-corrected chi connectivity index (χ1v) is 28.8. The zero-order valence-corrected chi connectivity index (χ0v) is 44.5. The number of carbonyl (C=O) groups is 2. The van der Waals surface area contributed by atoms with Gasteiger partial charge in [0.25, 0.3) is 7.82 Å². The van der Waals surface area contributed by atoms with Crippen LogP contribution in [0.5, 0.6) is 0 Å². The van der Waals surface area contributed by atoms with Gasteiger partial charge in [-0.15, -0.1) is 0 Å². The van der Waals surface area contributed by atoms with Gasteiger partial charge in [0.1, 0.15) is 19.8 Å². The van der Waals surface area contributed by atoms with Crippen molar-refractivity contribution in [2.24, 2.45) is 0 Å². The molecule has 0 saturated heterocycles. The molecule has 0 bridgehead atoms. The number of hydrogen-bond acceptors (Lipinski definition) is 8. The van der Waals surface area contributed by atoms with Gasteiger partial charge in [-0.2, -0.15) is 0 Å². The standard InChI is InChI=1S/C56H104NO8P/c1-6-8-10-12-14-16-18-20-21-22-23-24-25-26-27-28-29-30-31-32-33-34-35-37-39-41-43-45-47-49-56(59)65-54(53-64-66(60,61)63-51-50-57(3,4)5)52-62-55(58)48-46-44-42-40-38-36-19-17-15-13-11-9-7-2/h17-20,22-23,25-26,54H,6-16,21,24,27-53H2,1-5H3/b19-17-,20-18-,23-22-,26-25-. The van der Waals surface area contributed by atoms with Gasteiger partial charge in [0.2, 0.25) is 0 Å². The SMILES string of the molecule is CCCCCC/C=C\CCCCCCCC(=O)OCC(COP(=O)([O-])OCC[N+](C)(C)C)OC(=O)CCCCCCCCCCCCCCCC/C=C\C/C=C\C/C=C\CCCCCCC. The van der Waals surface area contributed by atoms with Gasteiger partial charge >= 0.3 is 11.9 Å². The molecule has 0 spiro atoms. The first kappa shape index (κ1) is 64.0. The van der Waals surface area contributed by atoms with E-state index in [0.29, 0.717) is 17.4 Å². The minimum Gasteiger partial charge on any atom is -0.756 e. The fraction of sp³-hybridized carbons (Fsp3) is 0.821. The van der Waals surface area contributed by atoms with E-state index in [1.54, 1.807) is 0 Å². The Morgan fingerprint density at radius 1 is 0.470 bits per heavy atom. The number of nitrogens with zero attached hydrogens (tertiary/aromatic N) is 1. The van der Waals surface area contributed by atoms with Gasteiger partial charge in [-0.3, -0.25) is 14.2 Å². The smallest absolute Gasteiger partial charge is 0.306 e. The summed E-state index contributed by atoms with van der Waals surface area (Å²) in [6, 6.07) is 0. The molecule has 0 amide bonds. The summed E-state index contributed by atoms with van der Waals surface area (Å²) in [5.74, 6) is -0.840. The molecule has 0 aliphatic carbocycles. The second kappa shape index (κ2) is 48.0. The van der Waals surface area contributed by atoms with Gasteiger partial charge in [0, 0.05) is 12.8 Å². The number of unbranched alkanes of at least 4 members (excludes halogenated alkanes) is 28. The third kappa shape index (κ3) is 51.4. The number of carbonyl (C=O) groups excluding carboxylic acids is 2. The lowest BCUT2D eigenvalue weighted by Crippen LogP contribution is -2.37. The molecule has 9 nitrogen and oxygen atoms in total. The molecular formula is C56H104NO8P. The molecule has 0 aromatic heterocycles. The molecule has 0 radical (unpaired) electrons. The van der Waals surface area contributed by atoms with Gasteiger partial charge in [0.15, 0.2) is 6.10 Å². The van der Waals surface area contributed by atoms with E-state index in [9.17, 15) is 19.0 Å². The van der Waals surface area contributed by atoms with Crippen LogP contribution in [0.15, 0.2) is 48.6 Å². The molecular weight excluding hydrogens is 846 g/mol. The van der Waals surface area contributed by atoms with E-state index < -0.39 is 32.5 Å². The Bertz CT molecular complexity index is 1260. The molecule has 386 valence electrons. The van der Waals surface area contributed by atoms with E-state index in [4.69, 9.17) is 18.5 Å². The first-order chi connectivity index (χ1) is 32.0. The summed E-state index contributed by atoms with van der Waals surface area (Å²) < 4.78 is 34.0. The molecule has 0 aliphatic rings. The van der Waals surface area contributed by atoms with Crippen LogP contribution in [0, 0.1) is 0 Å². The number of hydrogen-bond donors (Lipinski definition) is 0. The van der Waals surface area contributed by atoms with Gasteiger partial charge in [-0.1, -0.05) is 204 Å². The predicted molar refractivity (Wildman–Crippen MR) is 277 cm³/mol. The van der Waals surface area contributed by atoms with Crippen molar-refractivity contribution in [2.75, 3.05) is 47.5 Å². The number of allylic oxidation sites excluding steroid dienone is 8. The summed E-state index contributed by atoms with van der Waals surface area (Å²) in [4.78, 5) is 37.7. The summed E-state index contributed by atoms with van der Waals surface area (Å²) in [5, 5.41) is 0. The Kier molecular flexibility index (Phi) is 46.5. The predicted octanol–water partition coefficient (Wildman–Crippen LogP) is 16.0. The van der Waals surface area contributed by atoms with Gasteiger partial charge in [-0.05, 0) is 77.0 Å². The average molecular weight is 950 g/mol. The fourth-order valence-electron chi connectivity index (χ4n) is 7.54. The van der Waals surface area contributed by atoms with Crippen LogP contribution in [0.1, 0.15) is 245 Å². The van der Waals surface area contributed by atoms with E-state index >= 15 is 0 Å². The van der Waals surface area contributed by atoms with Crippen molar-refractivity contribution in [3.8, 4) is 0 Å². The molecule has 0 aromatic carbocycles. The van der Waals surface area contributed by atoms with Crippen molar-refractivity contribution in [2.45, 2.75) is 251 Å². The summed E-state index contributed by atoms with van der Waals surface area (Å²) in [6.45, 7) is 4.21. The molecule has 0 fully saturated rings. The maximum Gasteiger partial charge on any atom is 0.306 e. The van der Waals surface area contributed by atoms with Gasteiger partial charge in [-0.25, -0.2) is 0 Å². The second-order valence-corrected chi connectivity index (χ2v) is 21.0. The van der Waals surface area contributed by atoms with Crippen LogP contribution in [0.25, 0.3) is 0 Å². The average Bonchev–Trinajstić information content (AvgIpc) is 3.27. The van der Waals surface area contributed by atoms with Crippen molar-refractivity contribution >= 4 is 19.8 Å². The number of likely N-dealkylation sites (N-methyl/N-ethyl adjacent to an activating group) is 1. The first-order valence-electron chi connectivity index (χ1n) is 27.3. The van der Waals surface area contributed by atoms with Crippen molar-refractivity contribution in [1.82, 2.24) is 0 Å². The maximum atomic E-state index is 12.8. The molecule has 2 atom stereocenters. The number of phosphoric ester groups is 1. The largest absolute Gasteiger partial charge is 0.756 e. The van der Waals surface area contributed by atoms with Crippen LogP contribution >= 0.6 is 7.82 Å². The third-order valence-corrected chi connectivity index (χ3v) is 12.8. The molecule has 0 aliphatic heterocycles. The van der Waals surface area contributed by atoms with Crippen LogP contribution in [-0.2, 0) is 32.7 Å². The number of rotatable bonds is 50. The molecule has 0 heterocycles. The quantitative estimate of drug-likeness (QED) is 0.0195. The summed E-state index contributed by atoms with van der Waals surface area (Å²) in [5.41, 5.74) is 0. The lowest BCUT2D eigenvalue weighted by Gasteiger charge is -2.28. The Morgan fingerprint density at radius 3 is 1.24 bits per heavy atom. The molecule has 66 heavy (non-hydrogen) atoms. The molecule has 0 saturated carbocycles. The monoisotopic (exact) mass is 950 g/mol.